The van der Waals surface area contributed by atoms with Gasteiger partial charge in [0.25, 0.3) is 0 Å². The molecule has 3 rings (SSSR count). The van der Waals surface area contributed by atoms with Gasteiger partial charge >= 0.3 is 0 Å². The molecular formula is C17H20ClFN6. The molecule has 2 aromatic rings. The molecule has 1 saturated heterocycles. The fraction of sp³-hybridized carbons (Fsp3) is 0.353. The van der Waals surface area contributed by atoms with E-state index in [2.05, 4.69) is 25.6 Å². The first-order chi connectivity index (χ1) is 12.2. The second-order valence-corrected chi connectivity index (χ2v) is 6.19. The van der Waals surface area contributed by atoms with Crippen molar-refractivity contribution in [2.75, 3.05) is 25.0 Å². The van der Waals surface area contributed by atoms with Crippen LogP contribution < -0.4 is 15.5 Å². The van der Waals surface area contributed by atoms with Gasteiger partial charge in [0.15, 0.2) is 17.6 Å². The summed E-state index contributed by atoms with van der Waals surface area (Å²) in [4.78, 5) is 14.4. The summed E-state index contributed by atoms with van der Waals surface area (Å²) in [7, 11) is 1.72. The minimum absolute atomic E-state index is 0.177. The van der Waals surface area contributed by atoms with Gasteiger partial charge in [-0.3, -0.25) is 4.99 Å². The fourth-order valence-electron chi connectivity index (χ4n) is 2.77. The molecule has 0 saturated carbocycles. The fourth-order valence-corrected chi connectivity index (χ4v) is 2.88. The summed E-state index contributed by atoms with van der Waals surface area (Å²) in [5, 5.41) is 7.08. The van der Waals surface area contributed by atoms with E-state index >= 15 is 0 Å². The maximum absolute atomic E-state index is 13.9. The highest BCUT2D eigenvalue weighted by Gasteiger charge is 2.25. The highest BCUT2D eigenvalue weighted by atomic mass is 35.5. The average molecular weight is 363 g/mol. The van der Waals surface area contributed by atoms with Crippen molar-refractivity contribution >= 4 is 23.4 Å². The van der Waals surface area contributed by atoms with Crippen molar-refractivity contribution in [2.45, 2.75) is 19.0 Å². The Bertz CT molecular complexity index is 736. The summed E-state index contributed by atoms with van der Waals surface area (Å²) in [6.07, 6.45) is 4.22. The minimum Gasteiger partial charge on any atom is -0.352 e. The van der Waals surface area contributed by atoms with Crippen molar-refractivity contribution in [3.8, 4) is 0 Å². The van der Waals surface area contributed by atoms with Crippen LogP contribution in [-0.4, -0.2) is 42.1 Å². The van der Waals surface area contributed by atoms with Gasteiger partial charge in [-0.25, -0.2) is 14.4 Å². The molecule has 0 radical (unpaired) electrons. The Balaban J connectivity index is 1.53. The molecule has 0 bridgehead atoms. The molecule has 1 aliphatic rings. The van der Waals surface area contributed by atoms with E-state index in [9.17, 15) is 4.39 Å². The lowest BCUT2D eigenvalue weighted by Crippen LogP contribution is -2.44. The van der Waals surface area contributed by atoms with Gasteiger partial charge in [0.1, 0.15) is 5.15 Å². The van der Waals surface area contributed by atoms with Crippen LogP contribution in [0.1, 0.15) is 12.0 Å². The Morgan fingerprint density at radius 2 is 2.28 bits per heavy atom. The van der Waals surface area contributed by atoms with Crippen molar-refractivity contribution < 1.29 is 4.39 Å². The number of aliphatic imine (C=N–C) groups is 1. The molecule has 0 aromatic carbocycles. The van der Waals surface area contributed by atoms with Crippen LogP contribution in [0.2, 0.25) is 5.15 Å². The summed E-state index contributed by atoms with van der Waals surface area (Å²) in [5.41, 5.74) is 1.01. The first-order valence-electron chi connectivity index (χ1n) is 8.09. The number of nitrogens with zero attached hydrogens (tertiary/aromatic N) is 4. The lowest BCUT2D eigenvalue weighted by atomic mass is 10.2. The van der Waals surface area contributed by atoms with Crippen LogP contribution in [0.25, 0.3) is 0 Å². The summed E-state index contributed by atoms with van der Waals surface area (Å²) in [6, 6.07) is 6.88. The second kappa shape index (κ2) is 8.11. The maximum Gasteiger partial charge on any atom is 0.191 e. The lowest BCUT2D eigenvalue weighted by Gasteiger charge is -2.20. The van der Waals surface area contributed by atoms with Crippen molar-refractivity contribution in [3.05, 3.63) is 53.2 Å². The standard InChI is InChI=1S/C17H20ClFN6/c1-20-17(23-10-12-4-5-15(18)22-9-12)24-13-6-8-25(11-13)16-14(19)3-2-7-21-16/h2-5,7,9,13H,6,8,10-11H2,1H3,(H2,20,23,24). The van der Waals surface area contributed by atoms with E-state index in [-0.39, 0.29) is 11.9 Å². The van der Waals surface area contributed by atoms with E-state index < -0.39 is 0 Å². The quantitative estimate of drug-likeness (QED) is 0.496. The molecule has 0 amide bonds. The zero-order chi connectivity index (χ0) is 17.6. The summed E-state index contributed by atoms with van der Waals surface area (Å²) in [6.45, 7) is 2.02. The number of pyridine rings is 2. The molecule has 1 unspecified atom stereocenters. The number of rotatable bonds is 4. The zero-order valence-electron chi connectivity index (χ0n) is 13.9. The lowest BCUT2D eigenvalue weighted by molar-refractivity contribution is 0.612. The van der Waals surface area contributed by atoms with E-state index in [0.29, 0.717) is 30.0 Å². The average Bonchev–Trinajstić information content (AvgIpc) is 3.08. The monoisotopic (exact) mass is 362 g/mol. The van der Waals surface area contributed by atoms with Crippen LogP contribution >= 0.6 is 11.6 Å². The molecular weight excluding hydrogens is 343 g/mol. The Morgan fingerprint density at radius 3 is 3.00 bits per heavy atom. The third kappa shape index (κ3) is 4.57. The van der Waals surface area contributed by atoms with Gasteiger partial charge in [-0.2, -0.15) is 0 Å². The molecule has 1 aliphatic heterocycles. The van der Waals surface area contributed by atoms with Crippen molar-refractivity contribution in [1.29, 1.82) is 0 Å². The topological polar surface area (TPSA) is 65.4 Å². The van der Waals surface area contributed by atoms with E-state index in [4.69, 9.17) is 11.6 Å². The van der Waals surface area contributed by atoms with Crippen LogP contribution in [-0.2, 0) is 6.54 Å². The Morgan fingerprint density at radius 1 is 1.40 bits per heavy atom. The molecule has 1 atom stereocenters. The van der Waals surface area contributed by atoms with Crippen molar-refractivity contribution in [2.24, 2.45) is 4.99 Å². The molecule has 3 heterocycles. The van der Waals surface area contributed by atoms with Gasteiger partial charge in [-0.05, 0) is 30.2 Å². The van der Waals surface area contributed by atoms with Gasteiger partial charge in [0.2, 0.25) is 0 Å². The molecule has 0 aliphatic carbocycles. The number of hydrogen-bond donors (Lipinski definition) is 2. The highest BCUT2D eigenvalue weighted by molar-refractivity contribution is 6.29. The predicted molar refractivity (Wildman–Crippen MR) is 97.4 cm³/mol. The first-order valence-corrected chi connectivity index (χ1v) is 8.46. The Hall–Kier alpha value is -2.41. The predicted octanol–water partition coefficient (Wildman–Crippen LogP) is 2.21. The second-order valence-electron chi connectivity index (χ2n) is 5.80. The molecule has 6 nitrogen and oxygen atoms in total. The molecule has 2 aromatic heterocycles. The number of guanidine groups is 1. The maximum atomic E-state index is 13.9. The number of nitrogens with one attached hydrogen (secondary N) is 2. The van der Waals surface area contributed by atoms with E-state index in [1.54, 1.807) is 31.6 Å². The minimum atomic E-state index is -0.291. The SMILES string of the molecule is CN=C(NCc1ccc(Cl)nc1)NC1CCN(c2ncccc2F)C1. The number of anilines is 1. The van der Waals surface area contributed by atoms with E-state index in [1.165, 1.54) is 6.07 Å². The normalized spacial score (nSPS) is 17.6. The summed E-state index contributed by atoms with van der Waals surface area (Å²) >= 11 is 5.79. The molecule has 0 spiro atoms. The smallest absolute Gasteiger partial charge is 0.191 e. The third-order valence-electron chi connectivity index (χ3n) is 4.04. The van der Waals surface area contributed by atoms with Crippen LogP contribution in [0.15, 0.2) is 41.7 Å². The Labute approximate surface area is 151 Å². The molecule has 2 N–H and O–H groups in total. The van der Waals surface area contributed by atoms with Crippen LogP contribution in [0.3, 0.4) is 0 Å². The molecule has 1 fully saturated rings. The van der Waals surface area contributed by atoms with Crippen LogP contribution in [0, 0.1) is 5.82 Å². The molecule has 25 heavy (non-hydrogen) atoms. The van der Waals surface area contributed by atoms with Gasteiger partial charge in [-0.15, -0.1) is 0 Å². The van der Waals surface area contributed by atoms with E-state index in [0.717, 1.165) is 18.5 Å². The molecule has 132 valence electrons. The van der Waals surface area contributed by atoms with E-state index in [1.807, 2.05) is 11.0 Å². The first kappa shape index (κ1) is 17.4. The van der Waals surface area contributed by atoms with Crippen molar-refractivity contribution in [1.82, 2.24) is 20.6 Å². The van der Waals surface area contributed by atoms with Gasteiger partial charge in [0.05, 0.1) is 0 Å². The van der Waals surface area contributed by atoms with Gasteiger partial charge in [-0.1, -0.05) is 17.7 Å². The van der Waals surface area contributed by atoms with Crippen LogP contribution in [0.4, 0.5) is 10.2 Å². The largest absolute Gasteiger partial charge is 0.352 e. The zero-order valence-corrected chi connectivity index (χ0v) is 14.7. The number of hydrogen-bond acceptors (Lipinski definition) is 4. The Kier molecular flexibility index (Phi) is 5.65. The van der Waals surface area contributed by atoms with Crippen molar-refractivity contribution in [3.63, 3.8) is 0 Å². The summed E-state index contributed by atoms with van der Waals surface area (Å²) in [5.74, 6) is 0.811. The molecule has 8 heteroatoms. The highest BCUT2D eigenvalue weighted by Crippen LogP contribution is 2.20. The number of halogens is 2. The summed E-state index contributed by atoms with van der Waals surface area (Å²) < 4.78 is 13.9. The third-order valence-corrected chi connectivity index (χ3v) is 4.26. The van der Waals surface area contributed by atoms with Gasteiger partial charge in [0, 0.05) is 45.1 Å². The number of aromatic nitrogens is 2. The van der Waals surface area contributed by atoms with Gasteiger partial charge < -0.3 is 15.5 Å². The van der Waals surface area contributed by atoms with Crippen LogP contribution in [0.5, 0.6) is 0 Å².